The van der Waals surface area contributed by atoms with Gasteiger partial charge in [0.25, 0.3) is 0 Å². The summed E-state index contributed by atoms with van der Waals surface area (Å²) < 4.78 is 0. The number of hydrogen-bond acceptors (Lipinski definition) is 5. The Bertz CT molecular complexity index is 1190. The second kappa shape index (κ2) is 9.93. The van der Waals surface area contributed by atoms with E-state index < -0.39 is 0 Å². The van der Waals surface area contributed by atoms with Crippen LogP contribution in [0.1, 0.15) is 54.9 Å². The van der Waals surface area contributed by atoms with Crippen molar-refractivity contribution in [3.63, 3.8) is 0 Å². The van der Waals surface area contributed by atoms with Gasteiger partial charge in [-0.25, -0.2) is 4.98 Å². The summed E-state index contributed by atoms with van der Waals surface area (Å²) in [6.45, 7) is 3.66. The van der Waals surface area contributed by atoms with Gasteiger partial charge >= 0.3 is 0 Å². The lowest BCUT2D eigenvalue weighted by Gasteiger charge is -2.30. The number of nitrogen functional groups attached to an aromatic ring is 1. The van der Waals surface area contributed by atoms with E-state index in [-0.39, 0.29) is 0 Å². The molecule has 5 heteroatoms. The number of pyridine rings is 1. The number of nitrogens with two attached hydrogens (primary N) is 1. The van der Waals surface area contributed by atoms with Crippen LogP contribution in [0.25, 0.3) is 11.1 Å². The third-order valence-electron chi connectivity index (χ3n) is 7.67. The Kier molecular flexibility index (Phi) is 6.75. The van der Waals surface area contributed by atoms with E-state index in [1.807, 2.05) is 36.5 Å². The molecule has 0 spiro atoms. The van der Waals surface area contributed by atoms with Crippen LogP contribution in [0, 0.1) is 5.41 Å². The lowest BCUT2D eigenvalue weighted by Crippen LogP contribution is -2.37. The quantitative estimate of drug-likeness (QED) is 0.265. The minimum atomic E-state index is 0.403. The highest BCUT2D eigenvalue weighted by Gasteiger charge is 2.29. The number of thioether (sulfide) groups is 1. The van der Waals surface area contributed by atoms with Gasteiger partial charge in [-0.3, -0.25) is 10.3 Å². The van der Waals surface area contributed by atoms with Crippen LogP contribution in [0.3, 0.4) is 0 Å². The number of nitrogens with zero attached hydrogens (tertiary/aromatic N) is 2. The summed E-state index contributed by atoms with van der Waals surface area (Å²) in [4.78, 5) is 8.40. The van der Waals surface area contributed by atoms with E-state index in [0.717, 1.165) is 35.6 Å². The molecule has 2 heterocycles. The third-order valence-corrected chi connectivity index (χ3v) is 8.42. The molecule has 0 saturated carbocycles. The fourth-order valence-electron chi connectivity index (χ4n) is 5.65. The van der Waals surface area contributed by atoms with Crippen molar-refractivity contribution in [2.24, 2.45) is 0 Å². The number of anilines is 1. The minimum absolute atomic E-state index is 0.403. The van der Waals surface area contributed by atoms with Crippen LogP contribution in [-0.4, -0.2) is 40.5 Å². The summed E-state index contributed by atoms with van der Waals surface area (Å²) in [7, 11) is 0. The van der Waals surface area contributed by atoms with E-state index in [9.17, 15) is 0 Å². The first-order valence-electron chi connectivity index (χ1n) is 12.4. The lowest BCUT2D eigenvalue weighted by molar-refractivity contribution is 0.174. The highest BCUT2D eigenvalue weighted by molar-refractivity contribution is 7.98. The number of aromatic nitrogens is 1. The molecule has 5 rings (SSSR count). The predicted octanol–water partition coefficient (Wildman–Crippen LogP) is 6.20. The molecule has 2 aromatic carbocycles. The molecule has 2 unspecified atom stereocenters. The molecule has 0 radical (unpaired) electrons. The summed E-state index contributed by atoms with van der Waals surface area (Å²) in [6.07, 6.45) is 11.4. The SMILES string of the molecule is CSc1ccc(C(=N)c2cc(-c3ccc4c(c3)CCC(N3CCCC3C)CC4)cnc2N)cc1. The number of benzene rings is 2. The molecule has 2 aliphatic rings. The Labute approximate surface area is 207 Å². The normalized spacial score (nSPS) is 20.6. The van der Waals surface area contributed by atoms with Gasteiger partial charge in [0.15, 0.2) is 0 Å². The monoisotopic (exact) mass is 470 g/mol. The fourth-order valence-corrected chi connectivity index (χ4v) is 6.06. The van der Waals surface area contributed by atoms with Crippen molar-refractivity contribution in [3.05, 3.63) is 77.0 Å². The fraction of sp³-hybridized carbons (Fsp3) is 0.379. The molecule has 4 nitrogen and oxygen atoms in total. The maximum absolute atomic E-state index is 8.77. The van der Waals surface area contributed by atoms with E-state index in [1.54, 1.807) is 11.8 Å². The van der Waals surface area contributed by atoms with Gasteiger partial charge in [-0.15, -0.1) is 11.8 Å². The zero-order chi connectivity index (χ0) is 23.7. The molecule has 0 amide bonds. The molecule has 1 fully saturated rings. The number of rotatable bonds is 5. The summed E-state index contributed by atoms with van der Waals surface area (Å²) in [5.74, 6) is 0.403. The van der Waals surface area contributed by atoms with Crippen LogP contribution in [0.4, 0.5) is 5.82 Å². The standard InChI is InChI=1S/C29H34N4S/c1-19-4-3-15-33(19)25-11-7-20-5-6-23(16-22(20)8-12-25)24-17-27(29(31)32-18-24)28(30)21-9-13-26(34-2)14-10-21/h5-6,9-10,13-14,16-19,25,30H,3-4,7-8,11-12,15H2,1-2H3,(H2,31,32). The van der Waals surface area contributed by atoms with E-state index in [4.69, 9.17) is 11.1 Å². The summed E-state index contributed by atoms with van der Waals surface area (Å²) in [5, 5.41) is 8.77. The Balaban J connectivity index is 1.39. The van der Waals surface area contributed by atoms with E-state index in [2.05, 4.69) is 41.3 Å². The summed E-state index contributed by atoms with van der Waals surface area (Å²) in [5.41, 5.74) is 13.3. The highest BCUT2D eigenvalue weighted by Crippen LogP contribution is 2.32. The van der Waals surface area contributed by atoms with Crippen LogP contribution in [0.5, 0.6) is 0 Å². The number of fused-ring (bicyclic) bond motifs is 1. The average molecular weight is 471 g/mol. The molecular weight excluding hydrogens is 436 g/mol. The molecule has 1 aliphatic carbocycles. The van der Waals surface area contributed by atoms with Crippen molar-refractivity contribution in [1.82, 2.24) is 9.88 Å². The first-order chi connectivity index (χ1) is 16.5. The smallest absolute Gasteiger partial charge is 0.132 e. The maximum atomic E-state index is 8.77. The van der Waals surface area contributed by atoms with Crippen LogP contribution >= 0.6 is 11.8 Å². The van der Waals surface area contributed by atoms with Crippen molar-refractivity contribution < 1.29 is 0 Å². The van der Waals surface area contributed by atoms with Gasteiger partial charge in [-0.05, 0) is 93.1 Å². The maximum Gasteiger partial charge on any atom is 0.132 e. The van der Waals surface area contributed by atoms with Crippen LogP contribution in [-0.2, 0) is 12.8 Å². The highest BCUT2D eigenvalue weighted by atomic mass is 32.2. The number of hydrogen-bond donors (Lipinski definition) is 2. The van der Waals surface area contributed by atoms with Crippen LogP contribution < -0.4 is 5.73 Å². The zero-order valence-electron chi connectivity index (χ0n) is 20.2. The molecule has 1 saturated heterocycles. The molecule has 1 aliphatic heterocycles. The predicted molar refractivity (Wildman–Crippen MR) is 144 cm³/mol. The number of likely N-dealkylation sites (tertiary alicyclic amines) is 1. The topological polar surface area (TPSA) is 66.0 Å². The van der Waals surface area contributed by atoms with Crippen LogP contribution in [0.2, 0.25) is 0 Å². The molecule has 1 aromatic heterocycles. The molecule has 2 atom stereocenters. The second-order valence-corrected chi connectivity index (χ2v) is 10.6. The van der Waals surface area contributed by atoms with Gasteiger partial charge in [0, 0.05) is 39.9 Å². The molecule has 176 valence electrons. The van der Waals surface area contributed by atoms with Crippen molar-refractivity contribution in [3.8, 4) is 11.1 Å². The zero-order valence-corrected chi connectivity index (χ0v) is 21.0. The average Bonchev–Trinajstić information content (AvgIpc) is 3.18. The van der Waals surface area contributed by atoms with Gasteiger partial charge in [0.2, 0.25) is 0 Å². The number of nitrogens with one attached hydrogen (secondary N) is 1. The Morgan fingerprint density at radius 2 is 1.76 bits per heavy atom. The second-order valence-electron chi connectivity index (χ2n) is 9.70. The van der Waals surface area contributed by atoms with Crippen molar-refractivity contribution in [1.29, 1.82) is 5.41 Å². The van der Waals surface area contributed by atoms with Gasteiger partial charge in [0.05, 0.1) is 5.71 Å². The molecule has 34 heavy (non-hydrogen) atoms. The first kappa shape index (κ1) is 23.1. The van der Waals surface area contributed by atoms with Crippen LogP contribution in [0.15, 0.2) is 59.6 Å². The molecule has 3 aromatic rings. The molecule has 3 N–H and O–H groups in total. The summed E-state index contributed by atoms with van der Waals surface area (Å²) >= 11 is 1.70. The minimum Gasteiger partial charge on any atom is -0.383 e. The van der Waals surface area contributed by atoms with E-state index in [1.165, 1.54) is 48.3 Å². The number of aryl methyl sites for hydroxylation is 2. The largest absolute Gasteiger partial charge is 0.383 e. The van der Waals surface area contributed by atoms with Crippen molar-refractivity contribution in [2.75, 3.05) is 18.5 Å². The molecule has 0 bridgehead atoms. The van der Waals surface area contributed by atoms with Crippen molar-refractivity contribution >= 4 is 23.3 Å². The van der Waals surface area contributed by atoms with Crippen molar-refractivity contribution in [2.45, 2.75) is 62.4 Å². The Hall–Kier alpha value is -2.63. The lowest BCUT2D eigenvalue weighted by atomic mass is 9.95. The van der Waals surface area contributed by atoms with Gasteiger partial charge in [-0.2, -0.15) is 0 Å². The third kappa shape index (κ3) is 4.64. The Morgan fingerprint density at radius 3 is 2.47 bits per heavy atom. The van der Waals surface area contributed by atoms with Gasteiger partial charge in [0.1, 0.15) is 5.82 Å². The van der Waals surface area contributed by atoms with Gasteiger partial charge in [-0.1, -0.05) is 30.3 Å². The van der Waals surface area contributed by atoms with E-state index >= 15 is 0 Å². The molecular formula is C29H34N4S. The summed E-state index contributed by atoms with van der Waals surface area (Å²) in [6, 6.07) is 18.4. The van der Waals surface area contributed by atoms with Gasteiger partial charge < -0.3 is 5.73 Å². The Morgan fingerprint density at radius 1 is 1.00 bits per heavy atom. The van der Waals surface area contributed by atoms with E-state index in [0.29, 0.717) is 23.1 Å². The first-order valence-corrected chi connectivity index (χ1v) is 13.6.